The minimum absolute atomic E-state index is 0.660. The highest BCUT2D eigenvalue weighted by Gasteiger charge is 2.16. The van der Waals surface area contributed by atoms with E-state index in [4.69, 9.17) is 10.5 Å². The van der Waals surface area contributed by atoms with E-state index in [-0.39, 0.29) is 0 Å². The molecule has 2 N–H and O–H groups in total. The van der Waals surface area contributed by atoms with Gasteiger partial charge >= 0.3 is 0 Å². The Morgan fingerprint density at radius 3 is 2.83 bits per heavy atom. The summed E-state index contributed by atoms with van der Waals surface area (Å²) in [6.45, 7) is 1.64. The second-order valence-corrected chi connectivity index (χ2v) is 4.53. The number of aryl methyl sites for hydroxylation is 1. The maximum Gasteiger partial charge on any atom is 0.142 e. The minimum atomic E-state index is 0.660. The lowest BCUT2D eigenvalue weighted by molar-refractivity contribution is 0.311. The average molecular weight is 244 g/mol. The molecule has 0 bridgehead atoms. The van der Waals surface area contributed by atoms with Gasteiger partial charge in [-0.05, 0) is 18.2 Å². The number of nitrogens with zero attached hydrogens (tertiary/aromatic N) is 3. The molecule has 94 valence electrons. The molecule has 0 unspecified atom stereocenters. The maximum absolute atomic E-state index is 5.81. The quantitative estimate of drug-likeness (QED) is 0.826. The molecule has 1 aromatic carbocycles. The normalized spacial score (nSPS) is 14.2. The number of ether oxygens (including phenoxy) is 1. The fourth-order valence-corrected chi connectivity index (χ4v) is 2.13. The Morgan fingerprint density at radius 1 is 1.28 bits per heavy atom. The van der Waals surface area contributed by atoms with Crippen molar-refractivity contribution in [2.45, 2.75) is 0 Å². The van der Waals surface area contributed by atoms with Gasteiger partial charge in [0, 0.05) is 25.7 Å². The molecule has 0 saturated carbocycles. The lowest BCUT2D eigenvalue weighted by Gasteiger charge is -2.27. The van der Waals surface area contributed by atoms with Crippen LogP contribution >= 0.6 is 0 Å². The first-order chi connectivity index (χ1) is 8.65. The van der Waals surface area contributed by atoms with Gasteiger partial charge in [0.05, 0.1) is 17.9 Å². The van der Waals surface area contributed by atoms with E-state index in [2.05, 4.69) is 23.1 Å². The molecule has 1 aliphatic heterocycles. The van der Waals surface area contributed by atoms with Crippen LogP contribution in [0.5, 0.6) is 5.75 Å². The van der Waals surface area contributed by atoms with E-state index < -0.39 is 0 Å². The summed E-state index contributed by atoms with van der Waals surface area (Å²) in [6.07, 6.45) is 0. The number of anilines is 2. The maximum atomic E-state index is 5.81. The fraction of sp³-hybridized carbons (Fsp3) is 0.308. The van der Waals surface area contributed by atoms with E-state index in [0.29, 0.717) is 5.82 Å². The summed E-state index contributed by atoms with van der Waals surface area (Å²) >= 11 is 0. The predicted molar refractivity (Wildman–Crippen MR) is 71.8 cm³/mol. The molecular formula is C13H16N4O. The van der Waals surface area contributed by atoms with Gasteiger partial charge in [-0.3, -0.25) is 4.68 Å². The van der Waals surface area contributed by atoms with Crippen molar-refractivity contribution in [2.75, 3.05) is 30.8 Å². The van der Waals surface area contributed by atoms with Gasteiger partial charge in [-0.1, -0.05) is 0 Å². The van der Waals surface area contributed by atoms with Crippen molar-refractivity contribution in [3.8, 4) is 17.0 Å². The van der Waals surface area contributed by atoms with Crippen molar-refractivity contribution < 1.29 is 4.74 Å². The second kappa shape index (κ2) is 3.94. The smallest absolute Gasteiger partial charge is 0.142 e. The number of hydrogen-bond acceptors (Lipinski definition) is 4. The summed E-state index contributed by atoms with van der Waals surface area (Å²) < 4.78 is 7.30. The van der Waals surface area contributed by atoms with Crippen LogP contribution in [0.25, 0.3) is 11.3 Å². The van der Waals surface area contributed by atoms with Crippen molar-refractivity contribution in [3.63, 3.8) is 0 Å². The lowest BCUT2D eigenvalue weighted by Crippen LogP contribution is -2.28. The summed E-state index contributed by atoms with van der Waals surface area (Å²) in [5, 5.41) is 4.39. The number of rotatable bonds is 1. The summed E-state index contributed by atoms with van der Waals surface area (Å²) in [7, 11) is 3.91. The zero-order valence-electron chi connectivity index (χ0n) is 10.6. The van der Waals surface area contributed by atoms with Crippen molar-refractivity contribution >= 4 is 11.5 Å². The Morgan fingerprint density at radius 2 is 2.11 bits per heavy atom. The Balaban J connectivity index is 2.06. The van der Waals surface area contributed by atoms with Crippen LogP contribution in [0, 0.1) is 0 Å². The van der Waals surface area contributed by atoms with Gasteiger partial charge in [0.1, 0.15) is 18.2 Å². The Bertz CT molecular complexity index is 571. The van der Waals surface area contributed by atoms with Gasteiger partial charge in [0.25, 0.3) is 0 Å². The van der Waals surface area contributed by atoms with E-state index in [9.17, 15) is 0 Å². The monoisotopic (exact) mass is 244 g/mol. The molecule has 2 aromatic rings. The number of fused-ring (bicyclic) bond motifs is 1. The van der Waals surface area contributed by atoms with E-state index in [1.165, 1.54) is 0 Å². The van der Waals surface area contributed by atoms with E-state index in [1.807, 2.05) is 25.2 Å². The van der Waals surface area contributed by atoms with E-state index in [0.717, 1.165) is 35.8 Å². The largest absolute Gasteiger partial charge is 0.490 e. The Hall–Kier alpha value is -2.17. The number of aromatic nitrogens is 2. The summed E-state index contributed by atoms with van der Waals surface area (Å²) in [5.41, 5.74) is 8.85. The molecule has 0 radical (unpaired) electrons. The molecule has 0 fully saturated rings. The van der Waals surface area contributed by atoms with Crippen LogP contribution in [0.3, 0.4) is 0 Å². The van der Waals surface area contributed by atoms with Gasteiger partial charge in [0.15, 0.2) is 0 Å². The van der Waals surface area contributed by atoms with Crippen molar-refractivity contribution in [1.82, 2.24) is 9.78 Å². The van der Waals surface area contributed by atoms with Crippen molar-refractivity contribution in [2.24, 2.45) is 7.05 Å². The highest BCUT2D eigenvalue weighted by atomic mass is 16.5. The molecule has 0 amide bonds. The van der Waals surface area contributed by atoms with Crippen LogP contribution in [-0.2, 0) is 7.05 Å². The van der Waals surface area contributed by atoms with Crippen LogP contribution in [-0.4, -0.2) is 30.0 Å². The van der Waals surface area contributed by atoms with Gasteiger partial charge in [-0.2, -0.15) is 5.10 Å². The number of nitrogens with two attached hydrogens (primary N) is 1. The third-order valence-corrected chi connectivity index (χ3v) is 3.27. The van der Waals surface area contributed by atoms with Crippen LogP contribution < -0.4 is 15.4 Å². The summed E-state index contributed by atoms with van der Waals surface area (Å²) in [5.74, 6) is 1.59. The predicted octanol–water partition coefficient (Wildman–Crippen LogP) is 1.50. The van der Waals surface area contributed by atoms with Crippen LogP contribution in [0.1, 0.15) is 0 Å². The van der Waals surface area contributed by atoms with Crippen LogP contribution in [0.15, 0.2) is 24.3 Å². The molecule has 2 heterocycles. The fourth-order valence-electron chi connectivity index (χ4n) is 2.13. The lowest BCUT2D eigenvalue weighted by atomic mass is 10.1. The third kappa shape index (κ3) is 1.68. The minimum Gasteiger partial charge on any atom is -0.490 e. The first kappa shape index (κ1) is 11.0. The Kier molecular flexibility index (Phi) is 2.40. The Labute approximate surface area is 106 Å². The van der Waals surface area contributed by atoms with Gasteiger partial charge in [-0.15, -0.1) is 0 Å². The van der Waals surface area contributed by atoms with Gasteiger partial charge < -0.3 is 15.4 Å². The van der Waals surface area contributed by atoms with Gasteiger partial charge in [-0.25, -0.2) is 0 Å². The number of nitrogen functional groups attached to an aromatic ring is 1. The average Bonchev–Trinajstić information content (AvgIpc) is 2.70. The van der Waals surface area contributed by atoms with Gasteiger partial charge in [0.2, 0.25) is 0 Å². The summed E-state index contributed by atoms with van der Waals surface area (Å²) in [4.78, 5) is 2.19. The highest BCUT2D eigenvalue weighted by Crippen LogP contribution is 2.34. The molecule has 5 heteroatoms. The molecule has 0 atom stereocenters. The first-order valence-corrected chi connectivity index (χ1v) is 5.93. The topological polar surface area (TPSA) is 56.3 Å². The molecule has 18 heavy (non-hydrogen) atoms. The number of hydrogen-bond donors (Lipinski definition) is 1. The summed E-state index contributed by atoms with van der Waals surface area (Å²) in [6, 6.07) is 7.98. The molecule has 3 rings (SSSR count). The van der Waals surface area contributed by atoms with E-state index in [1.54, 1.807) is 4.68 Å². The molecule has 5 nitrogen and oxygen atoms in total. The number of benzene rings is 1. The van der Waals surface area contributed by atoms with Crippen molar-refractivity contribution in [1.29, 1.82) is 0 Å². The molecule has 1 aliphatic rings. The molecule has 0 aliphatic carbocycles. The second-order valence-electron chi connectivity index (χ2n) is 4.53. The zero-order valence-corrected chi connectivity index (χ0v) is 10.6. The highest BCUT2D eigenvalue weighted by molar-refractivity contribution is 5.72. The van der Waals surface area contributed by atoms with E-state index >= 15 is 0 Å². The third-order valence-electron chi connectivity index (χ3n) is 3.27. The van der Waals surface area contributed by atoms with Crippen LogP contribution in [0.2, 0.25) is 0 Å². The number of likely N-dealkylation sites (N-methyl/N-ethyl adjacent to an activating group) is 1. The SMILES string of the molecule is CN1CCOc2ccc(-c3cc(N)n(C)n3)cc21. The zero-order chi connectivity index (χ0) is 12.7. The molecule has 0 spiro atoms. The van der Waals surface area contributed by atoms with Crippen molar-refractivity contribution in [3.05, 3.63) is 24.3 Å². The van der Waals surface area contributed by atoms with Crippen LogP contribution in [0.4, 0.5) is 11.5 Å². The standard InChI is InChI=1S/C13H16N4O/c1-16-5-6-18-12-4-3-9(7-11(12)16)10-8-13(14)17(2)15-10/h3-4,7-8H,5-6,14H2,1-2H3. The molecule has 0 saturated heterocycles. The molecular weight excluding hydrogens is 228 g/mol. The first-order valence-electron chi connectivity index (χ1n) is 5.93. The molecule has 1 aromatic heterocycles.